The summed E-state index contributed by atoms with van der Waals surface area (Å²) in [6.45, 7) is 6.53. The van der Waals surface area contributed by atoms with Gasteiger partial charge in [-0.3, -0.25) is 4.99 Å². The number of nitrogens with zero attached hydrogens (tertiary/aromatic N) is 3. The van der Waals surface area contributed by atoms with Crippen molar-refractivity contribution in [3.05, 3.63) is 47.0 Å². The van der Waals surface area contributed by atoms with E-state index in [2.05, 4.69) is 25.9 Å². The Morgan fingerprint density at radius 2 is 1.90 bits per heavy atom. The summed E-state index contributed by atoms with van der Waals surface area (Å²) in [7, 11) is 5.65. The van der Waals surface area contributed by atoms with Crippen molar-refractivity contribution in [2.45, 2.75) is 39.0 Å². The maximum atomic E-state index is 12.3. The zero-order chi connectivity index (χ0) is 22.1. The van der Waals surface area contributed by atoms with Crippen LogP contribution < -0.4 is 20.9 Å². The molecule has 2 aromatic rings. The van der Waals surface area contributed by atoms with Gasteiger partial charge in [-0.25, -0.2) is 9.78 Å². The summed E-state index contributed by atoms with van der Waals surface area (Å²) in [5, 5.41) is 12.4. The summed E-state index contributed by atoms with van der Waals surface area (Å²) >= 11 is 1.60. The molecular formula is C21H33IN6O2S. The number of hydrogen-bond acceptors (Lipinski definition) is 6. The SMILES string of the molecule is CN=C(NCc1csc(N(C)C)n1)NCC(NC(=O)OC(C)(C)C)c1ccccc1.I. The Bertz CT molecular complexity index is 836. The molecule has 2 rings (SSSR count). The average molecular weight is 561 g/mol. The number of anilines is 1. The molecule has 8 nitrogen and oxygen atoms in total. The minimum Gasteiger partial charge on any atom is -0.444 e. The van der Waals surface area contributed by atoms with Gasteiger partial charge in [-0.1, -0.05) is 30.3 Å². The fraction of sp³-hybridized carbons (Fsp3) is 0.476. The predicted octanol–water partition coefficient (Wildman–Crippen LogP) is 3.76. The van der Waals surface area contributed by atoms with E-state index >= 15 is 0 Å². The van der Waals surface area contributed by atoms with Crippen LogP contribution in [0.1, 0.15) is 38.1 Å². The Morgan fingerprint density at radius 3 is 2.45 bits per heavy atom. The molecule has 1 amide bonds. The van der Waals surface area contributed by atoms with Crippen molar-refractivity contribution in [1.82, 2.24) is 20.9 Å². The molecule has 1 atom stereocenters. The molecule has 1 aromatic carbocycles. The third-order valence-electron chi connectivity index (χ3n) is 3.95. The molecule has 0 bridgehead atoms. The topological polar surface area (TPSA) is 90.9 Å². The molecule has 0 aliphatic rings. The minimum atomic E-state index is -0.560. The molecular weight excluding hydrogens is 527 g/mol. The van der Waals surface area contributed by atoms with Crippen LogP contribution in [0.25, 0.3) is 0 Å². The molecule has 1 unspecified atom stereocenters. The largest absolute Gasteiger partial charge is 0.444 e. The monoisotopic (exact) mass is 560 g/mol. The number of hydrogen-bond donors (Lipinski definition) is 3. The number of halogens is 1. The highest BCUT2D eigenvalue weighted by molar-refractivity contribution is 14.0. The number of amides is 1. The van der Waals surface area contributed by atoms with Crippen molar-refractivity contribution in [1.29, 1.82) is 0 Å². The lowest BCUT2D eigenvalue weighted by Gasteiger charge is -2.24. The third-order valence-corrected chi connectivity index (χ3v) is 5.01. The molecule has 3 N–H and O–H groups in total. The Labute approximate surface area is 205 Å². The summed E-state index contributed by atoms with van der Waals surface area (Å²) < 4.78 is 5.41. The smallest absolute Gasteiger partial charge is 0.408 e. The molecule has 10 heteroatoms. The van der Waals surface area contributed by atoms with E-state index in [1.807, 2.05) is 75.5 Å². The quantitative estimate of drug-likeness (QED) is 0.272. The summed E-state index contributed by atoms with van der Waals surface area (Å²) in [6, 6.07) is 9.49. The number of benzene rings is 1. The Morgan fingerprint density at radius 1 is 1.23 bits per heavy atom. The molecule has 0 spiro atoms. The van der Waals surface area contributed by atoms with Gasteiger partial charge in [0.25, 0.3) is 0 Å². The van der Waals surface area contributed by atoms with Crippen molar-refractivity contribution in [3.8, 4) is 0 Å². The number of rotatable bonds is 7. The van der Waals surface area contributed by atoms with E-state index in [1.165, 1.54) is 0 Å². The Hall–Kier alpha value is -2.08. The zero-order valence-electron chi connectivity index (χ0n) is 18.9. The van der Waals surface area contributed by atoms with Gasteiger partial charge in [-0.15, -0.1) is 35.3 Å². The molecule has 0 radical (unpaired) electrons. The molecule has 0 saturated carbocycles. The van der Waals surface area contributed by atoms with E-state index in [1.54, 1.807) is 18.4 Å². The lowest BCUT2D eigenvalue weighted by Crippen LogP contribution is -2.44. The lowest BCUT2D eigenvalue weighted by atomic mass is 10.1. The van der Waals surface area contributed by atoms with Crippen LogP contribution in [0.4, 0.5) is 9.93 Å². The molecule has 172 valence electrons. The van der Waals surface area contributed by atoms with Crippen molar-refractivity contribution < 1.29 is 9.53 Å². The molecule has 0 aliphatic carbocycles. The van der Waals surface area contributed by atoms with Gasteiger partial charge in [0.1, 0.15) is 5.60 Å². The van der Waals surface area contributed by atoms with Crippen molar-refractivity contribution in [3.63, 3.8) is 0 Å². The second kappa shape index (κ2) is 12.7. The van der Waals surface area contributed by atoms with Gasteiger partial charge >= 0.3 is 6.09 Å². The van der Waals surface area contributed by atoms with Crippen LogP contribution in [0, 0.1) is 0 Å². The fourth-order valence-corrected chi connectivity index (χ4v) is 3.32. The van der Waals surface area contributed by atoms with E-state index in [0.29, 0.717) is 19.0 Å². The van der Waals surface area contributed by atoms with Crippen molar-refractivity contribution in [2.24, 2.45) is 4.99 Å². The summed E-state index contributed by atoms with van der Waals surface area (Å²) in [5.41, 5.74) is 1.36. The van der Waals surface area contributed by atoms with E-state index in [9.17, 15) is 4.79 Å². The Kier molecular flexibility index (Phi) is 11.0. The van der Waals surface area contributed by atoms with Crippen molar-refractivity contribution >= 4 is 52.5 Å². The average Bonchev–Trinajstić information content (AvgIpc) is 3.16. The number of carbonyl (C=O) groups is 1. The molecule has 31 heavy (non-hydrogen) atoms. The van der Waals surface area contributed by atoms with Crippen LogP contribution in [0.2, 0.25) is 0 Å². The minimum absolute atomic E-state index is 0. The summed E-state index contributed by atoms with van der Waals surface area (Å²) in [5.74, 6) is 0.626. The molecule has 0 aliphatic heterocycles. The highest BCUT2D eigenvalue weighted by Gasteiger charge is 2.20. The van der Waals surface area contributed by atoms with Gasteiger partial charge in [0.15, 0.2) is 11.1 Å². The van der Waals surface area contributed by atoms with Gasteiger partial charge in [0.05, 0.1) is 18.3 Å². The van der Waals surface area contributed by atoms with Crippen LogP contribution in [0.15, 0.2) is 40.7 Å². The van der Waals surface area contributed by atoms with Crippen LogP contribution in [-0.2, 0) is 11.3 Å². The van der Waals surface area contributed by atoms with Crippen LogP contribution in [0.3, 0.4) is 0 Å². The predicted molar refractivity (Wildman–Crippen MR) is 139 cm³/mol. The number of aromatic nitrogens is 1. The Balaban J connectivity index is 0.00000480. The first-order chi connectivity index (χ1) is 14.2. The number of aliphatic imine (C=N–C) groups is 1. The second-order valence-corrected chi connectivity index (χ2v) is 8.77. The first kappa shape index (κ1) is 27.0. The number of carbonyl (C=O) groups excluding carboxylic acids is 1. The van der Waals surface area contributed by atoms with Gasteiger partial charge < -0.3 is 25.6 Å². The van der Waals surface area contributed by atoms with Crippen molar-refractivity contribution in [2.75, 3.05) is 32.6 Å². The highest BCUT2D eigenvalue weighted by atomic mass is 127. The summed E-state index contributed by atoms with van der Waals surface area (Å²) in [4.78, 5) is 23.1. The van der Waals surface area contributed by atoms with Gasteiger partial charge in [0.2, 0.25) is 0 Å². The number of ether oxygens (including phenoxy) is 1. The zero-order valence-corrected chi connectivity index (χ0v) is 22.1. The molecule has 0 saturated heterocycles. The number of guanidine groups is 1. The molecule has 0 fully saturated rings. The number of alkyl carbamates (subject to hydrolysis) is 1. The fourth-order valence-electron chi connectivity index (χ4n) is 2.56. The molecule has 1 heterocycles. The number of thiazole rings is 1. The van der Waals surface area contributed by atoms with Crippen LogP contribution >= 0.6 is 35.3 Å². The maximum absolute atomic E-state index is 12.3. The van der Waals surface area contributed by atoms with Gasteiger partial charge in [-0.05, 0) is 26.3 Å². The van der Waals surface area contributed by atoms with Crippen LogP contribution in [-0.4, -0.2) is 50.3 Å². The van der Waals surface area contributed by atoms with E-state index < -0.39 is 11.7 Å². The first-order valence-corrected chi connectivity index (χ1v) is 10.7. The lowest BCUT2D eigenvalue weighted by molar-refractivity contribution is 0.0504. The highest BCUT2D eigenvalue weighted by Crippen LogP contribution is 2.17. The van der Waals surface area contributed by atoms with Gasteiger partial charge in [0, 0.05) is 33.1 Å². The van der Waals surface area contributed by atoms with E-state index in [-0.39, 0.29) is 30.0 Å². The van der Waals surface area contributed by atoms with Gasteiger partial charge in [-0.2, -0.15) is 0 Å². The van der Waals surface area contributed by atoms with Crippen LogP contribution in [0.5, 0.6) is 0 Å². The number of nitrogens with one attached hydrogen (secondary N) is 3. The first-order valence-electron chi connectivity index (χ1n) is 9.78. The standard InChI is InChI=1S/C21H32N6O2S.HI/c1-21(2,3)29-20(28)26-17(15-10-8-7-9-11-15)13-24-18(22-4)23-12-16-14-30-19(25-16)27(5)6;/h7-11,14,17H,12-13H2,1-6H3,(H,26,28)(H2,22,23,24);1H. The second-order valence-electron chi connectivity index (χ2n) is 7.93. The normalized spacial score (nSPS) is 12.4. The molecule has 1 aromatic heterocycles. The van der Waals surface area contributed by atoms with E-state index in [0.717, 1.165) is 16.4 Å². The maximum Gasteiger partial charge on any atom is 0.408 e. The summed E-state index contributed by atoms with van der Waals surface area (Å²) in [6.07, 6.45) is -0.459. The third kappa shape index (κ3) is 9.72. The van der Waals surface area contributed by atoms with E-state index in [4.69, 9.17) is 4.74 Å².